The molecule has 5 heteroatoms. The highest BCUT2D eigenvalue weighted by Crippen LogP contribution is 2.38. The number of fused-ring (bicyclic) bond motifs is 3. The minimum Gasteiger partial charge on any atom is -0.508 e. The zero-order valence-electron chi connectivity index (χ0n) is 12.6. The van der Waals surface area contributed by atoms with Crippen LogP contribution < -0.4 is 0 Å². The van der Waals surface area contributed by atoms with Crippen LogP contribution in [-0.2, 0) is 16.1 Å². The van der Waals surface area contributed by atoms with Gasteiger partial charge in [-0.15, -0.1) is 0 Å². The Hall–Kier alpha value is -1.75. The molecule has 0 bridgehead atoms. The van der Waals surface area contributed by atoms with Gasteiger partial charge in [0.1, 0.15) is 11.4 Å². The van der Waals surface area contributed by atoms with E-state index in [9.17, 15) is 9.90 Å². The van der Waals surface area contributed by atoms with Gasteiger partial charge in [-0.3, -0.25) is 0 Å². The third-order valence-corrected chi connectivity index (χ3v) is 3.90. The summed E-state index contributed by atoms with van der Waals surface area (Å²) in [5.74, 6) is 0.402. The summed E-state index contributed by atoms with van der Waals surface area (Å²) < 4.78 is 11.3. The Bertz CT molecular complexity index is 564. The van der Waals surface area contributed by atoms with E-state index in [1.807, 2.05) is 26.8 Å². The summed E-state index contributed by atoms with van der Waals surface area (Å²) in [6.07, 6.45) is -0.282. The van der Waals surface area contributed by atoms with Crippen molar-refractivity contribution in [3.05, 3.63) is 29.3 Å². The Morgan fingerprint density at radius 2 is 2.14 bits per heavy atom. The van der Waals surface area contributed by atoms with Crippen LogP contribution in [0.4, 0.5) is 4.79 Å². The van der Waals surface area contributed by atoms with Gasteiger partial charge in [0.05, 0.1) is 19.3 Å². The molecule has 1 aromatic rings. The van der Waals surface area contributed by atoms with Gasteiger partial charge in [0.2, 0.25) is 0 Å². The van der Waals surface area contributed by atoms with Gasteiger partial charge in [-0.25, -0.2) is 4.79 Å². The minimum absolute atomic E-state index is 0.00885. The highest BCUT2D eigenvalue weighted by Gasteiger charge is 2.41. The SMILES string of the molecule is CC(C)(C)OC(=O)N1CC2OCc3cc(O)ccc3C2C1. The highest BCUT2D eigenvalue weighted by molar-refractivity contribution is 5.69. The van der Waals surface area contributed by atoms with E-state index in [1.165, 1.54) is 0 Å². The molecule has 0 aromatic heterocycles. The Morgan fingerprint density at radius 3 is 2.86 bits per heavy atom. The van der Waals surface area contributed by atoms with Crippen LogP contribution in [-0.4, -0.2) is 40.9 Å². The molecule has 0 saturated carbocycles. The quantitative estimate of drug-likeness (QED) is 0.798. The minimum atomic E-state index is -0.491. The summed E-state index contributed by atoms with van der Waals surface area (Å²) in [7, 11) is 0. The molecule has 1 aromatic carbocycles. The van der Waals surface area contributed by atoms with E-state index in [1.54, 1.807) is 17.0 Å². The summed E-state index contributed by atoms with van der Waals surface area (Å²) in [4.78, 5) is 13.9. The molecule has 0 radical (unpaired) electrons. The molecular weight excluding hydrogens is 270 g/mol. The lowest BCUT2D eigenvalue weighted by molar-refractivity contribution is 0.0126. The first-order chi connectivity index (χ1) is 9.83. The highest BCUT2D eigenvalue weighted by atomic mass is 16.6. The van der Waals surface area contributed by atoms with Crippen LogP contribution in [0.2, 0.25) is 0 Å². The molecule has 21 heavy (non-hydrogen) atoms. The van der Waals surface area contributed by atoms with Crippen LogP contribution in [0.25, 0.3) is 0 Å². The monoisotopic (exact) mass is 291 g/mol. The molecule has 2 aliphatic heterocycles. The number of aromatic hydroxyl groups is 1. The maximum Gasteiger partial charge on any atom is 0.410 e. The number of benzene rings is 1. The van der Waals surface area contributed by atoms with E-state index in [0.29, 0.717) is 19.7 Å². The molecule has 2 aliphatic rings. The summed E-state index contributed by atoms with van der Waals surface area (Å²) in [6, 6.07) is 5.36. The largest absolute Gasteiger partial charge is 0.508 e. The van der Waals surface area contributed by atoms with Crippen molar-refractivity contribution < 1.29 is 19.4 Å². The van der Waals surface area contributed by atoms with Crippen molar-refractivity contribution >= 4 is 6.09 Å². The third kappa shape index (κ3) is 2.83. The molecule has 1 N–H and O–H groups in total. The number of phenols is 1. The molecule has 2 heterocycles. The second kappa shape index (κ2) is 4.91. The van der Waals surface area contributed by atoms with Crippen LogP contribution in [0.3, 0.4) is 0 Å². The van der Waals surface area contributed by atoms with E-state index in [2.05, 4.69) is 0 Å². The van der Waals surface area contributed by atoms with Gasteiger partial charge in [-0.05, 0) is 44.0 Å². The summed E-state index contributed by atoms with van der Waals surface area (Å²) in [5.41, 5.74) is 1.67. The van der Waals surface area contributed by atoms with E-state index in [4.69, 9.17) is 9.47 Å². The summed E-state index contributed by atoms with van der Waals surface area (Å²) >= 11 is 0. The standard InChI is InChI=1S/C16H21NO4/c1-16(2,3)21-15(19)17-7-13-12-5-4-11(18)6-10(12)9-20-14(13)8-17/h4-6,13-14,18H,7-9H2,1-3H3. The maximum atomic E-state index is 12.2. The number of phenolic OH excluding ortho intramolecular Hbond substituents is 1. The fourth-order valence-corrected chi connectivity index (χ4v) is 2.99. The van der Waals surface area contributed by atoms with Crippen molar-refractivity contribution in [3.63, 3.8) is 0 Å². The van der Waals surface area contributed by atoms with Gasteiger partial charge in [0.15, 0.2) is 0 Å². The average Bonchev–Trinajstić information content (AvgIpc) is 2.80. The first-order valence-electron chi connectivity index (χ1n) is 7.25. The molecule has 0 spiro atoms. The van der Waals surface area contributed by atoms with Crippen molar-refractivity contribution in [1.82, 2.24) is 4.90 Å². The number of hydrogen-bond acceptors (Lipinski definition) is 4. The van der Waals surface area contributed by atoms with Gasteiger partial charge < -0.3 is 19.5 Å². The Morgan fingerprint density at radius 1 is 1.38 bits per heavy atom. The number of hydrogen-bond donors (Lipinski definition) is 1. The summed E-state index contributed by atoms with van der Waals surface area (Å²) in [5, 5.41) is 9.56. The number of carbonyl (C=O) groups excluding carboxylic acids is 1. The third-order valence-electron chi connectivity index (χ3n) is 3.90. The zero-order chi connectivity index (χ0) is 15.2. The van der Waals surface area contributed by atoms with Gasteiger partial charge in [0.25, 0.3) is 0 Å². The van der Waals surface area contributed by atoms with Crippen LogP contribution in [0, 0.1) is 0 Å². The lowest BCUT2D eigenvalue weighted by Gasteiger charge is -2.27. The van der Waals surface area contributed by atoms with Crippen molar-refractivity contribution in [2.24, 2.45) is 0 Å². The Kier molecular flexibility index (Phi) is 3.32. The van der Waals surface area contributed by atoms with E-state index < -0.39 is 5.60 Å². The number of ether oxygens (including phenoxy) is 2. The first kappa shape index (κ1) is 14.2. The van der Waals surface area contributed by atoms with Crippen molar-refractivity contribution in [3.8, 4) is 5.75 Å². The van der Waals surface area contributed by atoms with Gasteiger partial charge in [-0.2, -0.15) is 0 Å². The number of carbonyl (C=O) groups is 1. The molecule has 114 valence electrons. The smallest absolute Gasteiger partial charge is 0.410 e. The predicted molar refractivity (Wildman–Crippen MR) is 77.2 cm³/mol. The normalized spacial score (nSPS) is 24.4. The van der Waals surface area contributed by atoms with Crippen LogP contribution in [0.15, 0.2) is 18.2 Å². The van der Waals surface area contributed by atoms with Crippen LogP contribution >= 0.6 is 0 Å². The molecule has 2 atom stereocenters. The Labute approximate surface area is 124 Å². The lowest BCUT2D eigenvalue weighted by Crippen LogP contribution is -2.36. The Balaban J connectivity index is 1.77. The summed E-state index contributed by atoms with van der Waals surface area (Å²) in [6.45, 7) is 7.22. The van der Waals surface area contributed by atoms with Gasteiger partial charge in [-0.1, -0.05) is 6.07 Å². The van der Waals surface area contributed by atoms with Crippen LogP contribution in [0.1, 0.15) is 37.8 Å². The van der Waals surface area contributed by atoms with E-state index >= 15 is 0 Å². The number of likely N-dealkylation sites (tertiary alicyclic amines) is 1. The average molecular weight is 291 g/mol. The van der Waals surface area contributed by atoms with Crippen LogP contribution in [0.5, 0.6) is 5.75 Å². The lowest BCUT2D eigenvalue weighted by atomic mass is 9.89. The number of rotatable bonds is 0. The topological polar surface area (TPSA) is 59.0 Å². The van der Waals surface area contributed by atoms with Crippen molar-refractivity contribution in [1.29, 1.82) is 0 Å². The predicted octanol–water partition coefficient (Wildman–Crippen LogP) is 2.63. The zero-order valence-corrected chi connectivity index (χ0v) is 12.6. The molecule has 0 aliphatic carbocycles. The number of amides is 1. The molecule has 3 rings (SSSR count). The second-order valence-electron chi connectivity index (χ2n) is 6.72. The van der Waals surface area contributed by atoms with E-state index in [0.717, 1.165) is 11.1 Å². The van der Waals surface area contributed by atoms with Crippen molar-refractivity contribution in [2.75, 3.05) is 13.1 Å². The molecule has 2 unspecified atom stereocenters. The van der Waals surface area contributed by atoms with E-state index in [-0.39, 0.29) is 23.9 Å². The van der Waals surface area contributed by atoms with Crippen molar-refractivity contribution in [2.45, 2.75) is 45.0 Å². The second-order valence-corrected chi connectivity index (χ2v) is 6.72. The van der Waals surface area contributed by atoms with Gasteiger partial charge >= 0.3 is 6.09 Å². The fraction of sp³-hybridized carbons (Fsp3) is 0.562. The maximum absolute atomic E-state index is 12.2. The molecule has 5 nitrogen and oxygen atoms in total. The molecule has 1 fully saturated rings. The first-order valence-corrected chi connectivity index (χ1v) is 7.25. The molecular formula is C16H21NO4. The van der Waals surface area contributed by atoms with Gasteiger partial charge in [0, 0.05) is 12.5 Å². The fourth-order valence-electron chi connectivity index (χ4n) is 2.99. The molecule has 1 saturated heterocycles. The number of nitrogens with zero attached hydrogens (tertiary/aromatic N) is 1. The molecule has 1 amide bonds.